The molecule has 0 atom stereocenters. The van der Waals surface area contributed by atoms with Gasteiger partial charge < -0.3 is 9.30 Å². The molecular formula is C28H30NOS+. The minimum absolute atomic E-state index is 0.375. The van der Waals surface area contributed by atoms with Gasteiger partial charge in [0.2, 0.25) is 0 Å². The van der Waals surface area contributed by atoms with Crippen molar-refractivity contribution in [1.82, 2.24) is 4.57 Å². The number of aromatic nitrogens is 1. The Hall–Kier alpha value is -2.65. The lowest BCUT2D eigenvalue weighted by Crippen LogP contribution is -2.15. The van der Waals surface area contributed by atoms with E-state index in [1.165, 1.54) is 69.3 Å². The van der Waals surface area contributed by atoms with Crippen molar-refractivity contribution in [2.75, 3.05) is 18.6 Å². The highest BCUT2D eigenvalue weighted by Gasteiger charge is 2.22. The van der Waals surface area contributed by atoms with Crippen molar-refractivity contribution in [2.45, 2.75) is 32.7 Å². The molecule has 3 heteroatoms. The molecule has 0 saturated carbocycles. The van der Waals surface area contributed by atoms with E-state index in [4.69, 9.17) is 4.74 Å². The smallest absolute Gasteiger partial charge is 0.127 e. The summed E-state index contributed by atoms with van der Waals surface area (Å²) < 4.78 is 7.95. The zero-order valence-electron chi connectivity index (χ0n) is 18.4. The Balaban J connectivity index is 1.71. The van der Waals surface area contributed by atoms with Gasteiger partial charge in [0, 0.05) is 44.8 Å². The Labute approximate surface area is 187 Å². The van der Waals surface area contributed by atoms with Crippen LogP contribution >= 0.6 is 0 Å². The Morgan fingerprint density at radius 1 is 0.871 bits per heavy atom. The van der Waals surface area contributed by atoms with E-state index in [0.717, 1.165) is 12.3 Å². The van der Waals surface area contributed by atoms with Gasteiger partial charge in [-0.05, 0) is 67.6 Å². The SMILES string of the molecule is CCn1c2ccc(OC)cc2c2cc(C(=C[S+]3CCCCC3)c3ccccc3)ccc21. The van der Waals surface area contributed by atoms with Gasteiger partial charge in [-0.3, -0.25) is 0 Å². The molecule has 1 aliphatic rings. The lowest BCUT2D eigenvalue weighted by atomic mass is 9.98. The van der Waals surface area contributed by atoms with Gasteiger partial charge in [-0.2, -0.15) is 0 Å². The van der Waals surface area contributed by atoms with Gasteiger partial charge in [0.15, 0.2) is 0 Å². The van der Waals surface area contributed by atoms with Gasteiger partial charge in [0.1, 0.15) is 22.7 Å². The topological polar surface area (TPSA) is 14.2 Å². The van der Waals surface area contributed by atoms with Crippen LogP contribution in [0.1, 0.15) is 37.3 Å². The van der Waals surface area contributed by atoms with E-state index in [1.807, 2.05) is 0 Å². The first-order valence-electron chi connectivity index (χ1n) is 11.3. The second kappa shape index (κ2) is 8.84. The molecular weight excluding hydrogens is 398 g/mol. The fourth-order valence-electron chi connectivity index (χ4n) is 4.78. The average Bonchev–Trinajstić information content (AvgIpc) is 3.15. The molecule has 0 aliphatic carbocycles. The summed E-state index contributed by atoms with van der Waals surface area (Å²) in [5.41, 5.74) is 6.58. The maximum atomic E-state index is 5.54. The number of fused-ring (bicyclic) bond motifs is 3. The van der Waals surface area contributed by atoms with Crippen LogP contribution in [0.15, 0.2) is 72.1 Å². The first-order valence-corrected chi connectivity index (χ1v) is 12.9. The Bertz CT molecular complexity index is 1230. The molecule has 4 aromatic rings. The van der Waals surface area contributed by atoms with Crippen molar-refractivity contribution in [3.63, 3.8) is 0 Å². The van der Waals surface area contributed by atoms with Crippen LogP contribution in [0.5, 0.6) is 5.75 Å². The summed E-state index contributed by atoms with van der Waals surface area (Å²) in [6, 6.07) is 24.4. The maximum absolute atomic E-state index is 5.54. The summed E-state index contributed by atoms with van der Waals surface area (Å²) in [5, 5.41) is 5.16. The molecule has 0 amide bonds. The van der Waals surface area contributed by atoms with Crippen molar-refractivity contribution in [3.8, 4) is 5.75 Å². The molecule has 2 nitrogen and oxygen atoms in total. The highest BCUT2D eigenvalue weighted by molar-refractivity contribution is 7.99. The van der Waals surface area contributed by atoms with E-state index < -0.39 is 0 Å². The molecule has 5 rings (SSSR count). The zero-order chi connectivity index (χ0) is 21.2. The molecule has 1 aliphatic heterocycles. The second-order valence-corrected chi connectivity index (χ2v) is 10.4. The third-order valence-electron chi connectivity index (χ3n) is 6.38. The van der Waals surface area contributed by atoms with Crippen LogP contribution in [0, 0.1) is 0 Å². The van der Waals surface area contributed by atoms with Crippen LogP contribution in [-0.4, -0.2) is 23.2 Å². The molecule has 158 valence electrons. The van der Waals surface area contributed by atoms with Crippen LogP contribution in [0.4, 0.5) is 0 Å². The fraction of sp³-hybridized carbons (Fsp3) is 0.286. The molecule has 1 saturated heterocycles. The van der Waals surface area contributed by atoms with Crippen LogP contribution in [0.2, 0.25) is 0 Å². The fourth-order valence-corrected chi connectivity index (χ4v) is 6.97. The van der Waals surface area contributed by atoms with Gasteiger partial charge in [-0.1, -0.05) is 36.4 Å². The number of hydrogen-bond acceptors (Lipinski definition) is 1. The molecule has 0 N–H and O–H groups in total. The molecule has 0 bridgehead atoms. The normalized spacial score (nSPS) is 15.6. The molecule has 0 spiro atoms. The van der Waals surface area contributed by atoms with Crippen LogP contribution in [0.25, 0.3) is 27.4 Å². The third-order valence-corrected chi connectivity index (χ3v) is 8.58. The summed E-state index contributed by atoms with van der Waals surface area (Å²) in [5.74, 6) is 3.59. The van der Waals surface area contributed by atoms with E-state index in [0.29, 0.717) is 10.9 Å². The van der Waals surface area contributed by atoms with E-state index >= 15 is 0 Å². The van der Waals surface area contributed by atoms with E-state index in [9.17, 15) is 0 Å². The van der Waals surface area contributed by atoms with Crippen LogP contribution < -0.4 is 4.74 Å². The predicted octanol–water partition coefficient (Wildman–Crippen LogP) is 7.01. The minimum atomic E-state index is 0.375. The number of ether oxygens (including phenoxy) is 1. The molecule has 2 heterocycles. The molecule has 1 fully saturated rings. The minimum Gasteiger partial charge on any atom is -0.497 e. The Morgan fingerprint density at radius 2 is 1.58 bits per heavy atom. The van der Waals surface area contributed by atoms with Crippen LogP contribution in [-0.2, 0) is 17.4 Å². The number of methoxy groups -OCH3 is 1. The zero-order valence-corrected chi connectivity index (χ0v) is 19.3. The van der Waals surface area contributed by atoms with Gasteiger partial charge >= 0.3 is 0 Å². The first kappa shape index (κ1) is 20.3. The molecule has 0 unspecified atom stereocenters. The van der Waals surface area contributed by atoms with Gasteiger partial charge in [0.25, 0.3) is 0 Å². The summed E-state index contributed by atoms with van der Waals surface area (Å²) in [6.45, 7) is 3.17. The van der Waals surface area contributed by atoms with Crippen molar-refractivity contribution < 1.29 is 4.74 Å². The van der Waals surface area contributed by atoms with Gasteiger partial charge in [-0.25, -0.2) is 0 Å². The standard InChI is InChI=1S/C28H30NOS/c1-3-29-27-14-12-22(18-24(27)25-19-23(30-2)13-15-28(25)29)26(21-10-6-4-7-11-21)20-31-16-8-5-9-17-31/h4,6-7,10-15,18-20H,3,5,8-9,16-17H2,1-2H3/q+1. The van der Waals surface area contributed by atoms with Gasteiger partial charge in [-0.15, -0.1) is 0 Å². The number of rotatable bonds is 5. The summed E-state index contributed by atoms with van der Waals surface area (Å²) in [6.07, 6.45) is 4.12. The number of hydrogen-bond donors (Lipinski definition) is 0. The molecule has 31 heavy (non-hydrogen) atoms. The molecule has 1 aromatic heterocycles. The Kier molecular flexibility index (Phi) is 5.78. The van der Waals surface area contributed by atoms with Crippen molar-refractivity contribution in [1.29, 1.82) is 0 Å². The quantitative estimate of drug-likeness (QED) is 0.312. The summed E-state index contributed by atoms with van der Waals surface area (Å²) >= 11 is 0. The lowest BCUT2D eigenvalue weighted by molar-refractivity contribution is 0.415. The Morgan fingerprint density at radius 3 is 2.29 bits per heavy atom. The largest absolute Gasteiger partial charge is 0.497 e. The van der Waals surface area contributed by atoms with Crippen molar-refractivity contribution in [2.24, 2.45) is 0 Å². The molecule has 3 aromatic carbocycles. The summed E-state index contributed by atoms with van der Waals surface area (Å²) in [4.78, 5) is 0. The number of benzene rings is 3. The van der Waals surface area contributed by atoms with Crippen molar-refractivity contribution in [3.05, 3.63) is 83.3 Å². The van der Waals surface area contributed by atoms with E-state index in [-0.39, 0.29) is 0 Å². The maximum Gasteiger partial charge on any atom is 0.127 e. The monoisotopic (exact) mass is 428 g/mol. The average molecular weight is 429 g/mol. The van der Waals surface area contributed by atoms with E-state index in [2.05, 4.69) is 83.6 Å². The highest BCUT2D eigenvalue weighted by atomic mass is 32.2. The predicted molar refractivity (Wildman–Crippen MR) is 136 cm³/mol. The second-order valence-electron chi connectivity index (χ2n) is 8.26. The summed E-state index contributed by atoms with van der Waals surface area (Å²) in [7, 11) is 2.12. The first-order chi connectivity index (χ1) is 15.3. The number of aryl methyl sites for hydroxylation is 1. The number of nitrogens with zero attached hydrogens (tertiary/aromatic N) is 1. The highest BCUT2D eigenvalue weighted by Crippen LogP contribution is 2.35. The lowest BCUT2D eigenvalue weighted by Gasteiger charge is -2.13. The third kappa shape index (κ3) is 3.87. The van der Waals surface area contributed by atoms with Crippen molar-refractivity contribution >= 4 is 38.3 Å². The van der Waals surface area contributed by atoms with E-state index in [1.54, 1.807) is 7.11 Å². The molecule has 0 radical (unpaired) electrons. The van der Waals surface area contributed by atoms with Gasteiger partial charge in [0.05, 0.1) is 7.11 Å². The van der Waals surface area contributed by atoms with Crippen LogP contribution in [0.3, 0.4) is 0 Å².